The molecule has 1 saturated heterocycles. The Morgan fingerprint density at radius 2 is 1.53 bits per heavy atom. The third kappa shape index (κ3) is 5.36. The van der Waals surface area contributed by atoms with Crippen LogP contribution in [-0.4, -0.2) is 70.3 Å². The van der Waals surface area contributed by atoms with Crippen LogP contribution in [0.25, 0.3) is 0 Å². The Labute approximate surface area is 179 Å². The van der Waals surface area contributed by atoms with Crippen molar-refractivity contribution in [2.24, 2.45) is 4.99 Å². The van der Waals surface area contributed by atoms with Crippen molar-refractivity contribution >= 4 is 5.96 Å². The van der Waals surface area contributed by atoms with Crippen LogP contribution in [0.4, 0.5) is 0 Å². The number of hydrogen-bond acceptors (Lipinski definition) is 5. The first-order valence-electron chi connectivity index (χ1n) is 10.2. The number of nitrogens with zero attached hydrogens (tertiary/aromatic N) is 3. The van der Waals surface area contributed by atoms with Crippen LogP contribution >= 0.6 is 0 Å². The van der Waals surface area contributed by atoms with E-state index in [1.54, 1.807) is 21.3 Å². The monoisotopic (exact) mass is 412 g/mol. The predicted molar refractivity (Wildman–Crippen MR) is 120 cm³/mol. The predicted octanol–water partition coefficient (Wildman–Crippen LogP) is 2.61. The van der Waals surface area contributed by atoms with Gasteiger partial charge in [-0.05, 0) is 23.3 Å². The lowest BCUT2D eigenvalue weighted by Gasteiger charge is -2.36. The summed E-state index contributed by atoms with van der Waals surface area (Å²) in [6.45, 7) is 5.53. The normalized spacial score (nSPS) is 15.1. The van der Waals surface area contributed by atoms with Crippen molar-refractivity contribution < 1.29 is 14.2 Å². The van der Waals surface area contributed by atoms with Gasteiger partial charge in [0.25, 0.3) is 0 Å². The van der Waals surface area contributed by atoms with Crippen LogP contribution in [0, 0.1) is 0 Å². The van der Waals surface area contributed by atoms with E-state index >= 15 is 0 Å². The van der Waals surface area contributed by atoms with Gasteiger partial charge in [0.1, 0.15) is 0 Å². The molecule has 2 aromatic rings. The Morgan fingerprint density at radius 3 is 2.07 bits per heavy atom. The minimum Gasteiger partial charge on any atom is -0.493 e. The molecule has 1 heterocycles. The first-order chi connectivity index (χ1) is 14.7. The van der Waals surface area contributed by atoms with Crippen LogP contribution in [0.1, 0.15) is 11.1 Å². The highest BCUT2D eigenvalue weighted by Crippen LogP contribution is 2.38. The molecular formula is C23H32N4O3. The van der Waals surface area contributed by atoms with Crippen LogP contribution < -0.4 is 19.5 Å². The van der Waals surface area contributed by atoms with E-state index in [1.165, 1.54) is 5.56 Å². The molecule has 0 unspecified atom stereocenters. The molecule has 1 aliphatic rings. The van der Waals surface area contributed by atoms with Gasteiger partial charge < -0.3 is 24.4 Å². The Bertz CT molecular complexity index is 809. The summed E-state index contributed by atoms with van der Waals surface area (Å²) in [6.07, 6.45) is 0. The van der Waals surface area contributed by atoms with E-state index in [0.717, 1.165) is 44.2 Å². The molecule has 0 bridgehead atoms. The summed E-state index contributed by atoms with van der Waals surface area (Å²) >= 11 is 0. The van der Waals surface area contributed by atoms with Crippen LogP contribution in [0.2, 0.25) is 0 Å². The summed E-state index contributed by atoms with van der Waals surface area (Å²) in [4.78, 5) is 9.27. The van der Waals surface area contributed by atoms with E-state index in [9.17, 15) is 0 Å². The fraction of sp³-hybridized carbons (Fsp3) is 0.435. The molecule has 7 heteroatoms. The molecule has 0 amide bonds. The highest BCUT2D eigenvalue weighted by molar-refractivity contribution is 5.80. The second-order valence-corrected chi connectivity index (χ2v) is 7.18. The number of nitrogens with one attached hydrogen (secondary N) is 1. The molecule has 1 aliphatic heterocycles. The molecule has 0 aromatic heterocycles. The molecule has 7 nitrogen and oxygen atoms in total. The lowest BCUT2D eigenvalue weighted by molar-refractivity contribution is 0.172. The van der Waals surface area contributed by atoms with Crippen molar-refractivity contribution in [3.8, 4) is 17.2 Å². The van der Waals surface area contributed by atoms with E-state index in [2.05, 4.69) is 50.4 Å². The average molecular weight is 413 g/mol. The van der Waals surface area contributed by atoms with Crippen LogP contribution in [0.3, 0.4) is 0 Å². The van der Waals surface area contributed by atoms with Crippen LogP contribution in [-0.2, 0) is 13.1 Å². The van der Waals surface area contributed by atoms with Crippen molar-refractivity contribution in [1.82, 2.24) is 15.1 Å². The Kier molecular flexibility index (Phi) is 7.79. The Morgan fingerprint density at radius 1 is 0.900 bits per heavy atom. The highest BCUT2D eigenvalue weighted by Gasteiger charge is 2.20. The molecule has 0 atom stereocenters. The quantitative estimate of drug-likeness (QED) is 0.557. The summed E-state index contributed by atoms with van der Waals surface area (Å²) in [5, 5.41) is 3.47. The van der Waals surface area contributed by atoms with Gasteiger partial charge in [0.05, 0.1) is 21.3 Å². The maximum absolute atomic E-state index is 5.45. The second-order valence-electron chi connectivity index (χ2n) is 7.18. The number of rotatable bonds is 7. The van der Waals surface area contributed by atoms with E-state index in [-0.39, 0.29) is 0 Å². The number of aliphatic imine (C=N–C) groups is 1. The zero-order chi connectivity index (χ0) is 21.3. The Hall–Kier alpha value is -2.93. The van der Waals surface area contributed by atoms with E-state index < -0.39 is 0 Å². The summed E-state index contributed by atoms with van der Waals surface area (Å²) in [5.41, 5.74) is 2.39. The zero-order valence-electron chi connectivity index (χ0n) is 18.4. The number of ether oxygens (including phenoxy) is 3. The molecule has 0 aliphatic carbocycles. The first-order valence-corrected chi connectivity index (χ1v) is 10.2. The largest absolute Gasteiger partial charge is 0.493 e. The third-order valence-corrected chi connectivity index (χ3v) is 5.31. The van der Waals surface area contributed by atoms with Gasteiger partial charge in [-0.15, -0.1) is 0 Å². The highest BCUT2D eigenvalue weighted by atomic mass is 16.5. The molecule has 1 fully saturated rings. The minimum atomic E-state index is 0.600. The van der Waals surface area contributed by atoms with E-state index in [1.807, 2.05) is 19.2 Å². The van der Waals surface area contributed by atoms with Crippen LogP contribution in [0.15, 0.2) is 47.5 Å². The maximum atomic E-state index is 5.45. The van der Waals surface area contributed by atoms with Gasteiger partial charge in [-0.25, -0.2) is 0 Å². The maximum Gasteiger partial charge on any atom is 0.203 e. The molecule has 3 rings (SSSR count). The molecule has 0 radical (unpaired) electrons. The summed E-state index contributed by atoms with van der Waals surface area (Å²) < 4.78 is 16.3. The fourth-order valence-electron chi connectivity index (χ4n) is 3.71. The third-order valence-electron chi connectivity index (χ3n) is 5.31. The van der Waals surface area contributed by atoms with Gasteiger partial charge in [-0.1, -0.05) is 30.3 Å². The minimum absolute atomic E-state index is 0.600. The van der Waals surface area contributed by atoms with E-state index in [0.29, 0.717) is 23.8 Å². The number of piperazine rings is 1. The van der Waals surface area contributed by atoms with Gasteiger partial charge in [0, 0.05) is 46.3 Å². The molecular weight excluding hydrogens is 380 g/mol. The molecule has 30 heavy (non-hydrogen) atoms. The fourth-order valence-corrected chi connectivity index (χ4v) is 3.71. The lowest BCUT2D eigenvalue weighted by Crippen LogP contribution is -2.52. The summed E-state index contributed by atoms with van der Waals surface area (Å²) in [7, 11) is 6.69. The number of benzene rings is 2. The summed E-state index contributed by atoms with van der Waals surface area (Å²) in [6, 6.07) is 14.5. The molecule has 162 valence electrons. The number of guanidine groups is 1. The molecule has 0 saturated carbocycles. The molecule has 0 spiro atoms. The van der Waals surface area contributed by atoms with Crippen molar-refractivity contribution in [2.75, 3.05) is 54.6 Å². The lowest BCUT2D eigenvalue weighted by atomic mass is 10.1. The summed E-state index contributed by atoms with van der Waals surface area (Å²) in [5.74, 6) is 2.81. The number of methoxy groups -OCH3 is 3. The molecule has 2 aromatic carbocycles. The van der Waals surface area contributed by atoms with Crippen molar-refractivity contribution in [3.63, 3.8) is 0 Å². The van der Waals surface area contributed by atoms with Crippen LogP contribution in [0.5, 0.6) is 17.2 Å². The van der Waals surface area contributed by atoms with Gasteiger partial charge in [-0.2, -0.15) is 0 Å². The number of hydrogen-bond donors (Lipinski definition) is 1. The smallest absolute Gasteiger partial charge is 0.203 e. The van der Waals surface area contributed by atoms with Gasteiger partial charge in [-0.3, -0.25) is 9.89 Å². The SMILES string of the molecule is CN=C(NCc1cc(OC)c(OC)c(OC)c1)N1CCN(Cc2ccccc2)CC1. The second kappa shape index (κ2) is 10.7. The van der Waals surface area contributed by atoms with Gasteiger partial charge in [0.15, 0.2) is 17.5 Å². The topological polar surface area (TPSA) is 58.6 Å². The zero-order valence-corrected chi connectivity index (χ0v) is 18.4. The Balaban J connectivity index is 1.57. The van der Waals surface area contributed by atoms with Crippen molar-refractivity contribution in [3.05, 3.63) is 53.6 Å². The average Bonchev–Trinajstić information content (AvgIpc) is 2.80. The van der Waals surface area contributed by atoms with Gasteiger partial charge >= 0.3 is 0 Å². The first kappa shape index (κ1) is 21.8. The van der Waals surface area contributed by atoms with E-state index in [4.69, 9.17) is 14.2 Å². The van der Waals surface area contributed by atoms with Gasteiger partial charge in [0.2, 0.25) is 5.75 Å². The van der Waals surface area contributed by atoms with Crippen molar-refractivity contribution in [2.45, 2.75) is 13.1 Å². The van der Waals surface area contributed by atoms with Crippen molar-refractivity contribution in [1.29, 1.82) is 0 Å². The molecule has 1 N–H and O–H groups in total. The standard InChI is InChI=1S/C23H32N4O3/c1-24-23(25-16-19-14-20(28-2)22(30-4)21(15-19)29-3)27-12-10-26(11-13-27)17-18-8-6-5-7-9-18/h5-9,14-15H,10-13,16-17H2,1-4H3,(H,24,25).